The molecular weight excluding hydrogens is 218 g/mol. The van der Waals surface area contributed by atoms with E-state index in [4.69, 9.17) is 0 Å². The van der Waals surface area contributed by atoms with Gasteiger partial charge in [-0.1, -0.05) is 13.0 Å². The maximum atomic E-state index is 12.2. The topological polar surface area (TPSA) is 60.8 Å². The van der Waals surface area contributed by atoms with Crippen LogP contribution in [0, 0.1) is 0 Å². The summed E-state index contributed by atoms with van der Waals surface area (Å²) in [5, 5.41) is 19.1. The highest BCUT2D eigenvalue weighted by Gasteiger charge is 2.33. The molecule has 4 heteroatoms. The second kappa shape index (κ2) is 4.65. The molecule has 2 rings (SSSR count). The smallest absolute Gasteiger partial charge is 0.258 e. The standard InChI is InChI=1S/C13H17NO3/c1-2-8-14(9-6-7-9)13(17)10-4-3-5-11(15)12(10)16/h3-5,9,15-16H,2,6-8H2,1H3. The normalized spacial score (nSPS) is 14.6. The summed E-state index contributed by atoms with van der Waals surface area (Å²) in [6.07, 6.45) is 2.96. The number of nitrogens with zero attached hydrogens (tertiary/aromatic N) is 1. The summed E-state index contributed by atoms with van der Waals surface area (Å²) in [6, 6.07) is 4.79. The summed E-state index contributed by atoms with van der Waals surface area (Å²) in [4.78, 5) is 14.0. The fourth-order valence-corrected chi connectivity index (χ4v) is 1.94. The molecule has 0 saturated heterocycles. The predicted octanol–water partition coefficient (Wildman–Crippen LogP) is 2.11. The molecule has 0 aliphatic heterocycles. The van der Waals surface area contributed by atoms with Crippen LogP contribution in [-0.4, -0.2) is 33.6 Å². The summed E-state index contributed by atoms with van der Waals surface area (Å²) in [5.41, 5.74) is 0.186. The molecule has 0 radical (unpaired) electrons. The maximum Gasteiger partial charge on any atom is 0.258 e. The number of benzene rings is 1. The molecule has 1 aliphatic rings. The number of rotatable bonds is 4. The Morgan fingerprint density at radius 1 is 1.41 bits per heavy atom. The quantitative estimate of drug-likeness (QED) is 0.786. The van der Waals surface area contributed by atoms with Crippen LogP contribution in [0.1, 0.15) is 36.5 Å². The molecule has 1 aromatic carbocycles. The van der Waals surface area contributed by atoms with Gasteiger partial charge in [0.15, 0.2) is 11.5 Å². The monoisotopic (exact) mass is 235 g/mol. The zero-order valence-corrected chi connectivity index (χ0v) is 9.89. The Kier molecular flexibility index (Phi) is 3.22. The molecule has 92 valence electrons. The Labute approximate surface area is 100 Å². The van der Waals surface area contributed by atoms with Crippen LogP contribution in [-0.2, 0) is 0 Å². The number of amides is 1. The van der Waals surface area contributed by atoms with Gasteiger partial charge in [0.1, 0.15) is 0 Å². The average Bonchev–Trinajstić information content (AvgIpc) is 3.13. The van der Waals surface area contributed by atoms with Crippen LogP contribution in [0.2, 0.25) is 0 Å². The van der Waals surface area contributed by atoms with Gasteiger partial charge >= 0.3 is 0 Å². The van der Waals surface area contributed by atoms with E-state index in [-0.39, 0.29) is 23.0 Å². The zero-order chi connectivity index (χ0) is 12.4. The first-order chi connectivity index (χ1) is 8.15. The van der Waals surface area contributed by atoms with Gasteiger partial charge in [-0.15, -0.1) is 0 Å². The second-order valence-electron chi connectivity index (χ2n) is 4.40. The van der Waals surface area contributed by atoms with Gasteiger partial charge < -0.3 is 15.1 Å². The van der Waals surface area contributed by atoms with E-state index in [2.05, 4.69) is 0 Å². The summed E-state index contributed by atoms with van der Waals surface area (Å²) >= 11 is 0. The minimum Gasteiger partial charge on any atom is -0.504 e. The van der Waals surface area contributed by atoms with Crippen molar-refractivity contribution in [3.63, 3.8) is 0 Å². The molecule has 4 nitrogen and oxygen atoms in total. The molecule has 1 amide bonds. The number of aromatic hydroxyl groups is 2. The van der Waals surface area contributed by atoms with E-state index in [1.165, 1.54) is 6.07 Å². The van der Waals surface area contributed by atoms with E-state index in [1.54, 1.807) is 17.0 Å². The van der Waals surface area contributed by atoms with Crippen LogP contribution in [0.25, 0.3) is 0 Å². The third kappa shape index (κ3) is 2.35. The lowest BCUT2D eigenvalue weighted by Crippen LogP contribution is -2.33. The number of hydrogen-bond acceptors (Lipinski definition) is 3. The Balaban J connectivity index is 2.25. The van der Waals surface area contributed by atoms with Gasteiger partial charge in [0.25, 0.3) is 5.91 Å². The van der Waals surface area contributed by atoms with Crippen molar-refractivity contribution in [1.82, 2.24) is 4.90 Å². The minimum absolute atomic E-state index is 0.186. The summed E-state index contributed by atoms with van der Waals surface area (Å²) in [6.45, 7) is 2.71. The largest absolute Gasteiger partial charge is 0.504 e. The molecule has 1 aromatic rings. The third-order valence-electron chi connectivity index (χ3n) is 2.96. The Morgan fingerprint density at radius 2 is 2.12 bits per heavy atom. The molecule has 17 heavy (non-hydrogen) atoms. The molecule has 1 saturated carbocycles. The number of phenols is 2. The molecule has 0 spiro atoms. The highest BCUT2D eigenvalue weighted by atomic mass is 16.3. The number of phenolic OH excluding ortho intramolecular Hbond substituents is 2. The van der Waals surface area contributed by atoms with E-state index in [0.717, 1.165) is 19.3 Å². The van der Waals surface area contributed by atoms with Gasteiger partial charge in [0.2, 0.25) is 0 Å². The lowest BCUT2D eigenvalue weighted by Gasteiger charge is -2.22. The second-order valence-corrected chi connectivity index (χ2v) is 4.40. The van der Waals surface area contributed by atoms with Gasteiger partial charge in [-0.2, -0.15) is 0 Å². The Hall–Kier alpha value is -1.71. The highest BCUT2D eigenvalue weighted by Crippen LogP contribution is 2.33. The van der Waals surface area contributed by atoms with Crippen molar-refractivity contribution in [2.24, 2.45) is 0 Å². The fraction of sp³-hybridized carbons (Fsp3) is 0.462. The van der Waals surface area contributed by atoms with Gasteiger partial charge in [-0.25, -0.2) is 0 Å². The fourth-order valence-electron chi connectivity index (χ4n) is 1.94. The van der Waals surface area contributed by atoms with Crippen LogP contribution < -0.4 is 0 Å². The van der Waals surface area contributed by atoms with Crippen LogP contribution in [0.15, 0.2) is 18.2 Å². The highest BCUT2D eigenvalue weighted by molar-refractivity contribution is 5.98. The minimum atomic E-state index is -0.320. The number of para-hydroxylation sites is 1. The lowest BCUT2D eigenvalue weighted by molar-refractivity contribution is 0.0739. The van der Waals surface area contributed by atoms with Crippen molar-refractivity contribution < 1.29 is 15.0 Å². The molecule has 1 aliphatic carbocycles. The SMILES string of the molecule is CCCN(C(=O)c1cccc(O)c1O)C1CC1. The molecule has 0 atom stereocenters. The number of carbonyl (C=O) groups is 1. The molecule has 0 aromatic heterocycles. The van der Waals surface area contributed by atoms with Crippen LogP contribution >= 0.6 is 0 Å². The van der Waals surface area contributed by atoms with E-state index >= 15 is 0 Å². The Morgan fingerprint density at radius 3 is 2.71 bits per heavy atom. The van der Waals surface area contributed by atoms with Crippen LogP contribution in [0.5, 0.6) is 11.5 Å². The first kappa shape index (κ1) is 11.8. The van der Waals surface area contributed by atoms with Gasteiger partial charge in [0, 0.05) is 12.6 Å². The Bertz CT molecular complexity index is 427. The molecule has 1 fully saturated rings. The summed E-state index contributed by atoms with van der Waals surface area (Å²) < 4.78 is 0. The van der Waals surface area contributed by atoms with Crippen LogP contribution in [0.3, 0.4) is 0 Å². The molecular formula is C13H17NO3. The van der Waals surface area contributed by atoms with Gasteiger partial charge in [-0.3, -0.25) is 4.79 Å². The number of carbonyl (C=O) groups excluding carboxylic acids is 1. The first-order valence-electron chi connectivity index (χ1n) is 5.97. The van der Waals surface area contributed by atoms with Crippen molar-refractivity contribution >= 4 is 5.91 Å². The summed E-state index contributed by atoms with van der Waals surface area (Å²) in [5.74, 6) is -0.759. The van der Waals surface area contributed by atoms with Crippen molar-refractivity contribution in [3.8, 4) is 11.5 Å². The first-order valence-corrected chi connectivity index (χ1v) is 5.97. The van der Waals surface area contributed by atoms with E-state index < -0.39 is 0 Å². The zero-order valence-electron chi connectivity index (χ0n) is 9.89. The van der Waals surface area contributed by atoms with E-state index in [1.807, 2.05) is 6.92 Å². The molecule has 0 heterocycles. The van der Waals surface area contributed by atoms with Gasteiger partial charge in [0.05, 0.1) is 5.56 Å². The van der Waals surface area contributed by atoms with E-state index in [0.29, 0.717) is 12.6 Å². The molecule has 2 N–H and O–H groups in total. The summed E-state index contributed by atoms with van der Waals surface area (Å²) in [7, 11) is 0. The van der Waals surface area contributed by atoms with Crippen LogP contribution in [0.4, 0.5) is 0 Å². The van der Waals surface area contributed by atoms with E-state index in [9.17, 15) is 15.0 Å². The average molecular weight is 235 g/mol. The van der Waals surface area contributed by atoms with Crippen molar-refractivity contribution in [2.45, 2.75) is 32.2 Å². The van der Waals surface area contributed by atoms with Crippen molar-refractivity contribution in [3.05, 3.63) is 23.8 Å². The molecule has 0 bridgehead atoms. The molecule has 0 unspecified atom stereocenters. The van der Waals surface area contributed by atoms with Crippen molar-refractivity contribution in [2.75, 3.05) is 6.54 Å². The van der Waals surface area contributed by atoms with Gasteiger partial charge in [-0.05, 0) is 31.4 Å². The van der Waals surface area contributed by atoms with Crippen molar-refractivity contribution in [1.29, 1.82) is 0 Å². The number of hydrogen-bond donors (Lipinski definition) is 2. The third-order valence-corrected chi connectivity index (χ3v) is 2.96. The lowest BCUT2D eigenvalue weighted by atomic mass is 10.1. The maximum absolute atomic E-state index is 12.2. The predicted molar refractivity (Wildman–Crippen MR) is 64.1 cm³/mol.